The number of carbonyl (C=O) groups excluding carboxylic acids is 1. The zero-order chi connectivity index (χ0) is 17.5. The van der Waals surface area contributed by atoms with Gasteiger partial charge in [0, 0.05) is 22.9 Å². The molecule has 1 aromatic heterocycles. The van der Waals surface area contributed by atoms with Crippen molar-refractivity contribution in [3.63, 3.8) is 0 Å². The first-order chi connectivity index (χ1) is 11.2. The van der Waals surface area contributed by atoms with E-state index < -0.39 is 5.60 Å². The Kier molecular flexibility index (Phi) is 4.60. The number of fused-ring (bicyclic) bond motifs is 1. The lowest BCUT2D eigenvalue weighted by atomic mass is 10.1. The maximum atomic E-state index is 12.2. The third kappa shape index (κ3) is 3.58. The molecule has 24 heavy (non-hydrogen) atoms. The molecule has 0 N–H and O–H groups in total. The van der Waals surface area contributed by atoms with E-state index in [0.29, 0.717) is 19.1 Å². The van der Waals surface area contributed by atoms with E-state index in [9.17, 15) is 4.79 Å². The number of hydrogen-bond acceptors (Lipinski definition) is 3. The predicted molar refractivity (Wildman–Crippen MR) is 98.2 cm³/mol. The molecular formula is C18H24BrN3O2. The Morgan fingerprint density at radius 1 is 1.29 bits per heavy atom. The first-order valence-corrected chi connectivity index (χ1v) is 9.16. The van der Waals surface area contributed by atoms with Gasteiger partial charge in [-0.05, 0) is 58.7 Å². The summed E-state index contributed by atoms with van der Waals surface area (Å²) >= 11 is 3.52. The van der Waals surface area contributed by atoms with Crippen LogP contribution in [0.15, 0.2) is 22.7 Å². The highest BCUT2D eigenvalue weighted by Gasteiger charge is 2.28. The molecule has 2 heterocycles. The van der Waals surface area contributed by atoms with Crippen LogP contribution in [0, 0.1) is 6.92 Å². The molecule has 1 aliphatic rings. The summed E-state index contributed by atoms with van der Waals surface area (Å²) in [6.07, 6.45) is 1.57. The van der Waals surface area contributed by atoms with Crippen LogP contribution in [-0.2, 0) is 4.74 Å². The van der Waals surface area contributed by atoms with Crippen LogP contribution >= 0.6 is 15.9 Å². The quantitative estimate of drug-likeness (QED) is 0.706. The molecule has 3 rings (SSSR count). The summed E-state index contributed by atoms with van der Waals surface area (Å²) in [7, 11) is 0. The minimum atomic E-state index is -0.448. The van der Waals surface area contributed by atoms with Crippen LogP contribution < -0.4 is 0 Å². The van der Waals surface area contributed by atoms with Crippen molar-refractivity contribution >= 4 is 32.9 Å². The maximum Gasteiger partial charge on any atom is 0.410 e. The molecule has 0 saturated carbocycles. The van der Waals surface area contributed by atoms with Gasteiger partial charge in [-0.2, -0.15) is 5.10 Å². The van der Waals surface area contributed by atoms with Crippen molar-refractivity contribution in [1.29, 1.82) is 0 Å². The summed E-state index contributed by atoms with van der Waals surface area (Å²) in [4.78, 5) is 14.0. The highest BCUT2D eigenvalue weighted by atomic mass is 79.9. The van der Waals surface area contributed by atoms with E-state index in [-0.39, 0.29) is 6.09 Å². The smallest absolute Gasteiger partial charge is 0.410 e. The molecule has 1 aromatic carbocycles. The number of piperidine rings is 1. The molecule has 0 bridgehead atoms. The molecule has 1 aliphatic heterocycles. The minimum Gasteiger partial charge on any atom is -0.444 e. The van der Waals surface area contributed by atoms with Gasteiger partial charge in [0.25, 0.3) is 0 Å². The number of amides is 1. The van der Waals surface area contributed by atoms with Crippen molar-refractivity contribution in [2.75, 3.05) is 13.1 Å². The van der Waals surface area contributed by atoms with E-state index >= 15 is 0 Å². The lowest BCUT2D eigenvalue weighted by molar-refractivity contribution is 0.0186. The van der Waals surface area contributed by atoms with E-state index in [1.807, 2.05) is 27.7 Å². The lowest BCUT2D eigenvalue weighted by Crippen LogP contribution is -2.42. The van der Waals surface area contributed by atoms with E-state index in [1.165, 1.54) is 5.39 Å². The number of halogens is 1. The first kappa shape index (κ1) is 17.3. The van der Waals surface area contributed by atoms with E-state index in [2.05, 4.69) is 38.8 Å². The summed E-state index contributed by atoms with van der Waals surface area (Å²) in [5, 5.41) is 5.92. The second kappa shape index (κ2) is 6.39. The molecule has 0 radical (unpaired) electrons. The number of aromatic nitrogens is 2. The van der Waals surface area contributed by atoms with Gasteiger partial charge in [0.15, 0.2) is 0 Å². The number of likely N-dealkylation sites (tertiary alicyclic amines) is 1. The topological polar surface area (TPSA) is 47.4 Å². The Hall–Kier alpha value is -1.56. The number of ether oxygens (including phenoxy) is 1. The number of nitrogens with zero attached hydrogens (tertiary/aromatic N) is 3. The fourth-order valence-corrected chi connectivity index (χ4v) is 3.53. The predicted octanol–water partition coefficient (Wildman–Crippen LogP) is 4.68. The highest BCUT2D eigenvalue weighted by Crippen LogP contribution is 2.30. The average Bonchev–Trinajstić information content (AvgIpc) is 2.82. The number of aryl methyl sites for hydroxylation is 1. The van der Waals surface area contributed by atoms with Gasteiger partial charge in [-0.1, -0.05) is 15.9 Å². The monoisotopic (exact) mass is 393 g/mol. The van der Waals surface area contributed by atoms with Gasteiger partial charge in [-0.25, -0.2) is 4.79 Å². The number of hydrogen-bond donors (Lipinski definition) is 0. The van der Waals surface area contributed by atoms with Crippen LogP contribution in [0.5, 0.6) is 0 Å². The van der Waals surface area contributed by atoms with Gasteiger partial charge in [-0.15, -0.1) is 0 Å². The van der Waals surface area contributed by atoms with Crippen LogP contribution in [0.1, 0.15) is 45.3 Å². The van der Waals surface area contributed by atoms with E-state index in [1.54, 1.807) is 4.90 Å². The lowest BCUT2D eigenvalue weighted by Gasteiger charge is -2.33. The Bertz CT molecular complexity index is 755. The molecule has 6 heteroatoms. The number of rotatable bonds is 1. The molecule has 0 atom stereocenters. The average molecular weight is 394 g/mol. The van der Waals surface area contributed by atoms with Gasteiger partial charge in [0.2, 0.25) is 0 Å². The Morgan fingerprint density at radius 2 is 1.96 bits per heavy atom. The Balaban J connectivity index is 1.72. The molecule has 130 valence electrons. The van der Waals surface area contributed by atoms with Gasteiger partial charge >= 0.3 is 6.09 Å². The SMILES string of the molecule is Cc1nn(C2CCN(C(=O)OC(C)(C)C)CC2)c2ccc(Br)cc12. The fraction of sp³-hybridized carbons (Fsp3) is 0.556. The molecule has 0 spiro atoms. The Labute approximate surface area is 151 Å². The molecule has 1 saturated heterocycles. The summed E-state index contributed by atoms with van der Waals surface area (Å²) in [5.41, 5.74) is 1.75. The second-order valence-corrected chi connectivity index (χ2v) is 8.31. The van der Waals surface area contributed by atoms with Crippen LogP contribution in [0.25, 0.3) is 10.9 Å². The normalized spacial score (nSPS) is 16.6. The van der Waals surface area contributed by atoms with Crippen molar-refractivity contribution < 1.29 is 9.53 Å². The van der Waals surface area contributed by atoms with Crippen LogP contribution in [0.4, 0.5) is 4.79 Å². The van der Waals surface area contributed by atoms with Crippen LogP contribution in [0.3, 0.4) is 0 Å². The fourth-order valence-electron chi connectivity index (χ4n) is 3.16. The first-order valence-electron chi connectivity index (χ1n) is 8.37. The van der Waals surface area contributed by atoms with Gasteiger partial charge in [0.05, 0.1) is 17.3 Å². The van der Waals surface area contributed by atoms with Gasteiger partial charge in [0.1, 0.15) is 5.60 Å². The van der Waals surface area contributed by atoms with Crippen LogP contribution in [0.2, 0.25) is 0 Å². The number of carbonyl (C=O) groups is 1. The summed E-state index contributed by atoms with van der Waals surface area (Å²) in [6.45, 7) is 9.14. The van der Waals surface area contributed by atoms with Crippen molar-refractivity contribution in [2.45, 2.75) is 52.2 Å². The third-order valence-electron chi connectivity index (χ3n) is 4.31. The minimum absolute atomic E-state index is 0.216. The molecule has 0 aliphatic carbocycles. The van der Waals surface area contributed by atoms with Gasteiger partial charge in [-0.3, -0.25) is 4.68 Å². The third-order valence-corrected chi connectivity index (χ3v) is 4.81. The second-order valence-electron chi connectivity index (χ2n) is 7.39. The molecule has 2 aromatic rings. The van der Waals surface area contributed by atoms with Crippen LogP contribution in [-0.4, -0.2) is 39.5 Å². The molecule has 1 fully saturated rings. The van der Waals surface area contributed by atoms with Gasteiger partial charge < -0.3 is 9.64 Å². The number of benzene rings is 1. The highest BCUT2D eigenvalue weighted by molar-refractivity contribution is 9.10. The van der Waals surface area contributed by atoms with Crippen molar-refractivity contribution in [2.24, 2.45) is 0 Å². The molecular weight excluding hydrogens is 370 g/mol. The molecule has 5 nitrogen and oxygen atoms in total. The van der Waals surface area contributed by atoms with Crippen molar-refractivity contribution in [3.05, 3.63) is 28.4 Å². The summed E-state index contributed by atoms with van der Waals surface area (Å²) in [5.74, 6) is 0. The summed E-state index contributed by atoms with van der Waals surface area (Å²) < 4.78 is 8.66. The van der Waals surface area contributed by atoms with Crippen molar-refractivity contribution in [1.82, 2.24) is 14.7 Å². The maximum absolute atomic E-state index is 12.2. The Morgan fingerprint density at radius 3 is 2.58 bits per heavy atom. The molecule has 0 unspecified atom stereocenters. The standard InChI is InChI=1S/C18H24BrN3O2/c1-12-15-11-13(19)5-6-16(15)22(20-12)14-7-9-21(10-8-14)17(23)24-18(2,3)4/h5-6,11,14H,7-10H2,1-4H3. The molecule has 1 amide bonds. The van der Waals surface area contributed by atoms with E-state index in [4.69, 9.17) is 9.84 Å². The van der Waals surface area contributed by atoms with E-state index in [0.717, 1.165) is 28.5 Å². The zero-order valence-corrected chi connectivity index (χ0v) is 16.3. The largest absolute Gasteiger partial charge is 0.444 e. The summed E-state index contributed by atoms with van der Waals surface area (Å²) in [6, 6.07) is 6.60. The van der Waals surface area contributed by atoms with Crippen molar-refractivity contribution in [3.8, 4) is 0 Å². The zero-order valence-electron chi connectivity index (χ0n) is 14.7.